The van der Waals surface area contributed by atoms with E-state index in [4.69, 9.17) is 0 Å². The summed E-state index contributed by atoms with van der Waals surface area (Å²) in [5, 5.41) is 3.65. The molecule has 2 aliphatic rings. The summed E-state index contributed by atoms with van der Waals surface area (Å²) in [5.41, 5.74) is 2.69. The van der Waals surface area contributed by atoms with Crippen molar-refractivity contribution in [2.75, 3.05) is 11.9 Å². The molecule has 0 spiro atoms. The zero-order valence-corrected chi connectivity index (χ0v) is 13.4. The number of fused-ring (bicyclic) bond motifs is 1. The van der Waals surface area contributed by atoms with Gasteiger partial charge >= 0.3 is 0 Å². The topological polar surface area (TPSA) is 37.8 Å². The standard InChI is InChI=1S/C18H29N3/c1-2-14-8-10-15(11-9-14)12-19-18-16-6-4-3-5-7-17(16)20-13-21-18/h13-15H,2-12H2,1H3,(H,19,20,21). The Labute approximate surface area is 129 Å². The molecule has 0 aliphatic heterocycles. The second kappa shape index (κ2) is 7.24. The van der Waals surface area contributed by atoms with Crippen LogP contribution in [0, 0.1) is 11.8 Å². The van der Waals surface area contributed by atoms with Crippen LogP contribution in [0.1, 0.15) is 69.5 Å². The maximum atomic E-state index is 4.53. The largest absolute Gasteiger partial charge is 0.369 e. The molecule has 1 aromatic rings. The van der Waals surface area contributed by atoms with Crippen LogP contribution in [0.3, 0.4) is 0 Å². The summed E-state index contributed by atoms with van der Waals surface area (Å²) in [4.78, 5) is 9.03. The Morgan fingerprint density at radius 2 is 1.76 bits per heavy atom. The van der Waals surface area contributed by atoms with Crippen LogP contribution in [0.4, 0.5) is 5.82 Å². The van der Waals surface area contributed by atoms with Crippen molar-refractivity contribution < 1.29 is 0 Å². The van der Waals surface area contributed by atoms with Crippen molar-refractivity contribution in [3.8, 4) is 0 Å². The highest BCUT2D eigenvalue weighted by molar-refractivity contribution is 5.46. The third-order valence-corrected chi connectivity index (χ3v) is 5.48. The van der Waals surface area contributed by atoms with Gasteiger partial charge in [0.15, 0.2) is 0 Å². The molecule has 0 aromatic carbocycles. The van der Waals surface area contributed by atoms with Gasteiger partial charge in [0.25, 0.3) is 0 Å². The first kappa shape index (κ1) is 14.8. The van der Waals surface area contributed by atoms with E-state index in [9.17, 15) is 0 Å². The molecule has 0 atom stereocenters. The molecule has 1 N–H and O–H groups in total. The second-order valence-corrected chi connectivity index (χ2v) is 6.88. The maximum Gasteiger partial charge on any atom is 0.132 e. The Kier molecular flexibility index (Phi) is 5.10. The summed E-state index contributed by atoms with van der Waals surface area (Å²) in [5.74, 6) is 2.94. The molecule has 0 saturated heterocycles. The van der Waals surface area contributed by atoms with E-state index in [-0.39, 0.29) is 0 Å². The van der Waals surface area contributed by atoms with Crippen LogP contribution in [-0.4, -0.2) is 16.5 Å². The second-order valence-electron chi connectivity index (χ2n) is 6.88. The molecule has 1 aromatic heterocycles. The molecular weight excluding hydrogens is 258 g/mol. The van der Waals surface area contributed by atoms with Gasteiger partial charge in [0.1, 0.15) is 12.1 Å². The van der Waals surface area contributed by atoms with Gasteiger partial charge in [-0.25, -0.2) is 9.97 Å². The fourth-order valence-corrected chi connectivity index (χ4v) is 3.94. The first-order valence-electron chi connectivity index (χ1n) is 8.93. The van der Waals surface area contributed by atoms with Gasteiger partial charge in [-0.1, -0.05) is 32.6 Å². The molecule has 116 valence electrons. The smallest absolute Gasteiger partial charge is 0.132 e. The molecule has 21 heavy (non-hydrogen) atoms. The first-order chi connectivity index (χ1) is 10.4. The number of hydrogen-bond donors (Lipinski definition) is 1. The van der Waals surface area contributed by atoms with Crippen LogP contribution in [0.5, 0.6) is 0 Å². The molecule has 1 saturated carbocycles. The third-order valence-electron chi connectivity index (χ3n) is 5.48. The normalized spacial score (nSPS) is 26.0. The number of anilines is 1. The molecule has 0 bridgehead atoms. The van der Waals surface area contributed by atoms with Crippen LogP contribution in [0.15, 0.2) is 6.33 Å². The van der Waals surface area contributed by atoms with Gasteiger partial charge in [-0.3, -0.25) is 0 Å². The minimum atomic E-state index is 0.837. The molecule has 0 amide bonds. The molecule has 3 nitrogen and oxygen atoms in total. The van der Waals surface area contributed by atoms with Gasteiger partial charge in [0, 0.05) is 17.8 Å². The minimum absolute atomic E-state index is 0.837. The van der Waals surface area contributed by atoms with Crippen molar-refractivity contribution in [3.05, 3.63) is 17.6 Å². The monoisotopic (exact) mass is 287 g/mol. The highest BCUT2D eigenvalue weighted by Gasteiger charge is 2.21. The summed E-state index contributed by atoms with van der Waals surface area (Å²) in [6.45, 7) is 3.43. The van der Waals surface area contributed by atoms with Crippen molar-refractivity contribution >= 4 is 5.82 Å². The maximum absolute atomic E-state index is 4.53. The Morgan fingerprint density at radius 1 is 1.00 bits per heavy atom. The molecule has 2 aliphatic carbocycles. The van der Waals surface area contributed by atoms with Gasteiger partial charge in [-0.05, 0) is 50.4 Å². The summed E-state index contributed by atoms with van der Waals surface area (Å²) in [6.07, 6.45) is 14.9. The number of rotatable bonds is 4. The van der Waals surface area contributed by atoms with Crippen LogP contribution < -0.4 is 5.32 Å². The van der Waals surface area contributed by atoms with Crippen molar-refractivity contribution in [3.63, 3.8) is 0 Å². The lowest BCUT2D eigenvalue weighted by atomic mass is 9.81. The molecule has 0 unspecified atom stereocenters. The van der Waals surface area contributed by atoms with Crippen molar-refractivity contribution in [2.45, 2.75) is 71.1 Å². The molecule has 1 fully saturated rings. The molecule has 3 rings (SSSR count). The van der Waals surface area contributed by atoms with Crippen LogP contribution in [-0.2, 0) is 12.8 Å². The summed E-state index contributed by atoms with van der Waals surface area (Å²) in [6, 6.07) is 0. The zero-order valence-electron chi connectivity index (χ0n) is 13.4. The van der Waals surface area contributed by atoms with Crippen molar-refractivity contribution in [2.24, 2.45) is 11.8 Å². The summed E-state index contributed by atoms with van der Waals surface area (Å²) in [7, 11) is 0. The minimum Gasteiger partial charge on any atom is -0.369 e. The molecule has 0 radical (unpaired) electrons. The fourth-order valence-electron chi connectivity index (χ4n) is 3.94. The van der Waals surface area contributed by atoms with Gasteiger partial charge in [0.05, 0.1) is 0 Å². The Bertz CT molecular complexity index is 450. The quantitative estimate of drug-likeness (QED) is 0.835. The zero-order chi connectivity index (χ0) is 14.5. The molecule has 3 heteroatoms. The number of nitrogens with one attached hydrogen (secondary N) is 1. The predicted molar refractivity (Wildman–Crippen MR) is 87.5 cm³/mol. The van der Waals surface area contributed by atoms with E-state index in [1.165, 1.54) is 62.6 Å². The SMILES string of the molecule is CCC1CCC(CNc2ncnc3c2CCCCC3)CC1. The van der Waals surface area contributed by atoms with E-state index in [1.54, 1.807) is 6.33 Å². The van der Waals surface area contributed by atoms with Crippen molar-refractivity contribution in [1.29, 1.82) is 0 Å². The number of aromatic nitrogens is 2. The van der Waals surface area contributed by atoms with Gasteiger partial charge < -0.3 is 5.32 Å². The third kappa shape index (κ3) is 3.75. The average molecular weight is 287 g/mol. The summed E-state index contributed by atoms with van der Waals surface area (Å²) >= 11 is 0. The van der Waals surface area contributed by atoms with Gasteiger partial charge in [-0.2, -0.15) is 0 Å². The first-order valence-corrected chi connectivity index (χ1v) is 8.93. The Balaban J connectivity index is 1.58. The Morgan fingerprint density at radius 3 is 2.57 bits per heavy atom. The van der Waals surface area contributed by atoms with Crippen LogP contribution >= 0.6 is 0 Å². The lowest BCUT2D eigenvalue weighted by molar-refractivity contribution is 0.278. The van der Waals surface area contributed by atoms with Gasteiger partial charge in [-0.15, -0.1) is 0 Å². The number of nitrogens with zero attached hydrogens (tertiary/aromatic N) is 2. The van der Waals surface area contributed by atoms with Crippen LogP contribution in [0.25, 0.3) is 0 Å². The highest BCUT2D eigenvalue weighted by atomic mass is 15.0. The highest BCUT2D eigenvalue weighted by Crippen LogP contribution is 2.31. The van der Waals surface area contributed by atoms with Crippen molar-refractivity contribution in [1.82, 2.24) is 9.97 Å². The fraction of sp³-hybridized carbons (Fsp3) is 0.778. The lowest BCUT2D eigenvalue weighted by Crippen LogP contribution is -2.22. The van der Waals surface area contributed by atoms with Crippen LogP contribution in [0.2, 0.25) is 0 Å². The predicted octanol–water partition coefficient (Wildman–Crippen LogP) is 4.37. The molecule has 1 heterocycles. The lowest BCUT2D eigenvalue weighted by Gasteiger charge is -2.28. The average Bonchev–Trinajstić information content (AvgIpc) is 2.79. The number of hydrogen-bond acceptors (Lipinski definition) is 3. The summed E-state index contributed by atoms with van der Waals surface area (Å²) < 4.78 is 0. The Hall–Kier alpha value is -1.12. The van der Waals surface area contributed by atoms with Gasteiger partial charge in [0.2, 0.25) is 0 Å². The van der Waals surface area contributed by atoms with E-state index in [1.807, 2.05) is 0 Å². The van der Waals surface area contributed by atoms with E-state index < -0.39 is 0 Å². The van der Waals surface area contributed by atoms with E-state index in [2.05, 4.69) is 22.2 Å². The van der Waals surface area contributed by atoms with E-state index in [0.29, 0.717) is 0 Å². The number of aryl methyl sites for hydroxylation is 1. The van der Waals surface area contributed by atoms with E-state index >= 15 is 0 Å². The molecular formula is C18H29N3. The van der Waals surface area contributed by atoms with E-state index in [0.717, 1.165) is 37.0 Å².